The Bertz CT molecular complexity index is 2750. The highest BCUT2D eigenvalue weighted by molar-refractivity contribution is 6.41. The van der Waals surface area contributed by atoms with E-state index in [2.05, 4.69) is 0 Å². The van der Waals surface area contributed by atoms with Crippen LogP contribution in [0.15, 0.2) is 36.4 Å². The third-order valence-electron chi connectivity index (χ3n) is 21.3. The Morgan fingerprint density at radius 3 is 0.533 bits per heavy atom. The zero-order valence-electron chi connectivity index (χ0n) is 54.6. The first-order chi connectivity index (χ1) is 44.5. The predicted octanol–water partition coefficient (Wildman–Crippen LogP) is 19.1. The Labute approximate surface area is 567 Å². The van der Waals surface area contributed by atoms with Crippen LogP contribution in [0.25, 0.3) is 46.1 Å². The van der Waals surface area contributed by atoms with E-state index in [0.717, 1.165) is 22.8 Å². The molecule has 0 atom stereocenters. The van der Waals surface area contributed by atoms with E-state index in [0.29, 0.717) is 70.6 Å². The maximum Gasteiger partial charge on any atom is 0.200 e. The van der Waals surface area contributed by atoms with E-state index in [9.17, 15) is 0 Å². The number of pyridine rings is 2. The molecule has 0 saturated heterocycles. The van der Waals surface area contributed by atoms with Crippen molar-refractivity contribution in [1.82, 2.24) is 70.7 Å². The summed E-state index contributed by atoms with van der Waals surface area (Å²) in [5.41, 5.74) is 12.5. The van der Waals surface area contributed by atoms with Gasteiger partial charge in [-0.15, -0.1) is 66.8 Å². The van der Waals surface area contributed by atoms with Crippen molar-refractivity contribution in [1.29, 1.82) is 0 Å². The molecule has 92 heavy (non-hydrogen) atoms. The Morgan fingerprint density at radius 1 is 0.217 bits per heavy atom. The Balaban J connectivity index is 0.000000196. The van der Waals surface area contributed by atoms with Gasteiger partial charge in [0.25, 0.3) is 0 Å². The van der Waals surface area contributed by atoms with E-state index < -0.39 is 0 Å². The van der Waals surface area contributed by atoms with Gasteiger partial charge in [-0.25, -0.2) is 29.9 Å². The molecular weight excluding hydrogens is 1230 g/mol. The third-order valence-corrected chi connectivity index (χ3v) is 21.3. The summed E-state index contributed by atoms with van der Waals surface area (Å²) in [5, 5.41) is 38.8. The van der Waals surface area contributed by atoms with Gasteiger partial charge >= 0.3 is 0 Å². The maximum atomic E-state index is 5.25. The van der Waals surface area contributed by atoms with Crippen molar-refractivity contribution in [3.05, 3.63) is 81.9 Å². The fourth-order valence-corrected chi connectivity index (χ4v) is 16.6. The molecule has 0 aromatic carbocycles. The van der Waals surface area contributed by atoms with Gasteiger partial charge < -0.3 is 11.0 Å². The van der Waals surface area contributed by atoms with Crippen molar-refractivity contribution in [3.63, 3.8) is 0 Å². The molecule has 0 bridgehead atoms. The second kappa shape index (κ2) is 37.6. The maximum absolute atomic E-state index is 5.25. The van der Waals surface area contributed by atoms with Crippen LogP contribution in [0, 0.1) is 0 Å². The van der Waals surface area contributed by atoms with Gasteiger partial charge in [-0.05, 0) is 127 Å². The number of rotatable bonds is 12. The van der Waals surface area contributed by atoms with Crippen LogP contribution in [-0.2, 0) is 0 Å². The highest BCUT2D eigenvalue weighted by Crippen LogP contribution is 2.45. The fraction of sp³-hybridized carbons (Fsp3) is 0.694. The standard InChI is InChI=1S/2C35H47N7.2CH2Cl2.2H2O/c2*1-5-14-24(15-6-1)30-32(26-18-9-3-10-19-26)39-41-34(37-30)28-22-13-23-29(36-28)35-38-31(25-16-7-2-8-17-25)33(40-42-35)27-20-11-4-12-21-27;2*2-1-3;;/h2*13,22-27H,1-12,14-21H2;2*1H2;2*1H2. The van der Waals surface area contributed by atoms with Gasteiger partial charge in [0.1, 0.15) is 22.8 Å². The summed E-state index contributed by atoms with van der Waals surface area (Å²) in [6.45, 7) is 0. The molecule has 8 saturated carbocycles. The number of halogens is 4. The van der Waals surface area contributed by atoms with Crippen molar-refractivity contribution in [3.8, 4) is 46.1 Å². The van der Waals surface area contributed by atoms with E-state index in [1.807, 2.05) is 36.4 Å². The molecule has 20 heteroatoms. The monoisotopic (exact) mass is 1330 g/mol. The van der Waals surface area contributed by atoms with Crippen LogP contribution in [0.4, 0.5) is 0 Å². The molecule has 0 radical (unpaired) electrons. The van der Waals surface area contributed by atoms with E-state index in [1.54, 1.807) is 0 Å². The molecule has 0 aliphatic heterocycles. The van der Waals surface area contributed by atoms with E-state index in [4.69, 9.17) is 117 Å². The van der Waals surface area contributed by atoms with E-state index in [-0.39, 0.29) is 21.6 Å². The third kappa shape index (κ3) is 18.9. The predicted molar refractivity (Wildman–Crippen MR) is 371 cm³/mol. The lowest BCUT2D eigenvalue weighted by molar-refractivity contribution is 0.403. The highest BCUT2D eigenvalue weighted by Gasteiger charge is 2.33. The van der Waals surface area contributed by atoms with Crippen LogP contribution >= 0.6 is 46.4 Å². The van der Waals surface area contributed by atoms with Crippen LogP contribution in [0.5, 0.6) is 0 Å². The molecule has 14 rings (SSSR count). The molecule has 6 aromatic rings. The molecule has 0 amide bonds. The van der Waals surface area contributed by atoms with Crippen molar-refractivity contribution < 1.29 is 11.0 Å². The summed E-state index contributed by atoms with van der Waals surface area (Å²) in [5.74, 6) is 6.52. The average molecular weight is 1340 g/mol. The molecule has 16 nitrogen and oxygen atoms in total. The van der Waals surface area contributed by atoms with E-state index >= 15 is 0 Å². The Hall–Kier alpha value is -4.58. The van der Waals surface area contributed by atoms with Crippen LogP contribution in [0.2, 0.25) is 0 Å². The normalized spacial score (nSPS) is 20.4. The lowest BCUT2D eigenvalue weighted by Gasteiger charge is -2.27. The molecule has 500 valence electrons. The summed E-state index contributed by atoms with van der Waals surface area (Å²) >= 11 is 19.1. The summed E-state index contributed by atoms with van der Waals surface area (Å²) in [6.07, 6.45) is 50.7. The smallest absolute Gasteiger partial charge is 0.200 e. The van der Waals surface area contributed by atoms with Gasteiger partial charge in [-0.3, -0.25) is 0 Å². The van der Waals surface area contributed by atoms with Gasteiger partial charge in [-0.1, -0.05) is 166 Å². The number of nitrogens with zero attached hydrogens (tertiary/aromatic N) is 14. The number of hydrogen-bond acceptors (Lipinski definition) is 14. The second-order valence-corrected chi connectivity index (χ2v) is 28.9. The minimum atomic E-state index is 0. The van der Waals surface area contributed by atoms with Gasteiger partial charge in [-0.2, -0.15) is 20.4 Å². The minimum Gasteiger partial charge on any atom is -0.412 e. The zero-order chi connectivity index (χ0) is 61.7. The topological polar surface area (TPSA) is 243 Å². The first-order valence-corrected chi connectivity index (χ1v) is 37.8. The molecule has 8 aliphatic rings. The lowest BCUT2D eigenvalue weighted by atomic mass is 9.80. The van der Waals surface area contributed by atoms with Crippen LogP contribution in [0.3, 0.4) is 0 Å². The van der Waals surface area contributed by atoms with Crippen molar-refractivity contribution in [2.75, 3.05) is 10.7 Å². The minimum absolute atomic E-state index is 0. The number of aromatic nitrogens is 14. The molecule has 0 spiro atoms. The molecule has 8 aliphatic carbocycles. The summed E-state index contributed by atoms with van der Waals surface area (Å²) in [4.78, 5) is 31.1. The van der Waals surface area contributed by atoms with Crippen LogP contribution in [0.1, 0.15) is 350 Å². The van der Waals surface area contributed by atoms with Crippen molar-refractivity contribution in [2.24, 2.45) is 0 Å². The summed E-state index contributed by atoms with van der Waals surface area (Å²) in [7, 11) is 0. The molecular formula is C72H102Cl4N14O2. The van der Waals surface area contributed by atoms with Crippen LogP contribution in [-0.4, -0.2) is 92.3 Å². The van der Waals surface area contributed by atoms with Gasteiger partial charge in [0.05, 0.1) is 56.2 Å². The zero-order valence-corrected chi connectivity index (χ0v) is 57.6. The SMILES string of the molecule is ClCCl.ClCCl.O.O.c1cc(-c2nnc(C3CCCCC3)c(C3CCCCC3)n2)nc(-c2nnc(C3CCCCC3)c(C3CCCCC3)n2)c1.c1cc(-c2nnc(C3CCCCC3)c(C3CCCCC3)n2)nc(-c2nnc(C3CCCCC3)c(C3CCCCC3)n2)c1. The molecule has 8 fully saturated rings. The Kier molecular flexibility index (Phi) is 29.3. The number of alkyl halides is 4. The molecule has 6 heterocycles. The fourth-order valence-electron chi connectivity index (χ4n) is 16.6. The molecule has 0 unspecified atom stereocenters. The van der Waals surface area contributed by atoms with Gasteiger partial charge in [0, 0.05) is 47.3 Å². The molecule has 6 aromatic heterocycles. The average Bonchev–Trinajstić information content (AvgIpc) is 0.912. The quantitative estimate of drug-likeness (QED) is 0.103. The first kappa shape index (κ1) is 71.7. The summed E-state index contributed by atoms with van der Waals surface area (Å²) in [6, 6.07) is 12.1. The number of hydrogen-bond donors (Lipinski definition) is 0. The second-order valence-electron chi connectivity index (χ2n) is 27.3. The van der Waals surface area contributed by atoms with E-state index in [1.165, 1.54) is 302 Å². The largest absolute Gasteiger partial charge is 0.412 e. The van der Waals surface area contributed by atoms with Crippen molar-refractivity contribution in [2.45, 2.75) is 304 Å². The van der Waals surface area contributed by atoms with Crippen LogP contribution < -0.4 is 0 Å². The Morgan fingerprint density at radius 2 is 0.370 bits per heavy atom. The lowest BCUT2D eigenvalue weighted by Crippen LogP contribution is -2.18. The van der Waals surface area contributed by atoms with Gasteiger partial charge in [0.15, 0.2) is 0 Å². The molecule has 4 N–H and O–H groups in total. The van der Waals surface area contributed by atoms with Gasteiger partial charge in [0.2, 0.25) is 23.3 Å². The van der Waals surface area contributed by atoms with Crippen molar-refractivity contribution >= 4 is 46.4 Å². The first-order valence-electron chi connectivity index (χ1n) is 35.7. The highest BCUT2D eigenvalue weighted by atomic mass is 35.5. The summed E-state index contributed by atoms with van der Waals surface area (Å²) < 4.78 is 0.